The molecule has 0 aliphatic heterocycles. The molecule has 0 aliphatic rings. The summed E-state index contributed by atoms with van der Waals surface area (Å²) in [6, 6.07) is 11.8. The van der Waals surface area contributed by atoms with E-state index in [1.54, 1.807) is 0 Å². The molecule has 0 radical (unpaired) electrons. The molecule has 0 aromatic heterocycles. The third-order valence-corrected chi connectivity index (χ3v) is 2.82. The number of carbonyl (C=O) groups excluding carboxylic acids is 4. The normalized spacial score (nSPS) is 10.2. The van der Waals surface area contributed by atoms with Crippen LogP contribution in [0, 0.1) is 0 Å². The highest BCUT2D eigenvalue weighted by Crippen LogP contribution is 2.12. The Balaban J connectivity index is 1.88. The van der Waals surface area contributed by atoms with E-state index in [9.17, 15) is 19.2 Å². The Bertz CT molecular complexity index is 705. The quantitative estimate of drug-likeness (QED) is 0.351. The fourth-order valence-corrected chi connectivity index (χ4v) is 1.67. The van der Waals surface area contributed by atoms with Gasteiger partial charge in [-0.25, -0.2) is 9.59 Å². The summed E-state index contributed by atoms with van der Waals surface area (Å²) in [7, 11) is 0. The summed E-state index contributed by atoms with van der Waals surface area (Å²) in [5.74, 6) is -1.04. The molecule has 0 heterocycles. The second-order valence-corrected chi connectivity index (χ2v) is 4.55. The van der Waals surface area contributed by atoms with Crippen LogP contribution in [0.2, 0.25) is 0 Å². The van der Waals surface area contributed by atoms with Gasteiger partial charge in [0.15, 0.2) is 0 Å². The smallest absolute Gasteiger partial charge is 0.336 e. The van der Waals surface area contributed by atoms with Crippen molar-refractivity contribution in [2.24, 2.45) is 0 Å². The Kier molecular flexibility index (Phi) is 5.74. The number of hydrogen-bond acceptors (Lipinski definition) is 6. The average molecular weight is 324 g/mol. The standard InChI is InChI=1S/C18H12O6/c19-11-13-1-5-15(6-2-13)23-17(21)9-10-18(22)24-16-7-3-14(12-20)4-8-16/h1-12H/b10-9+. The minimum absolute atomic E-state index is 0.244. The van der Waals surface area contributed by atoms with E-state index < -0.39 is 11.9 Å². The van der Waals surface area contributed by atoms with Crippen LogP contribution in [0.25, 0.3) is 0 Å². The van der Waals surface area contributed by atoms with Gasteiger partial charge in [0.05, 0.1) is 0 Å². The van der Waals surface area contributed by atoms with Crippen LogP contribution >= 0.6 is 0 Å². The second kappa shape index (κ2) is 8.19. The molecule has 0 unspecified atom stereocenters. The fraction of sp³-hybridized carbons (Fsp3) is 0. The molecule has 120 valence electrons. The molecule has 0 N–H and O–H groups in total. The van der Waals surface area contributed by atoms with Gasteiger partial charge in [-0.2, -0.15) is 0 Å². The lowest BCUT2D eigenvalue weighted by molar-refractivity contribution is -0.131. The zero-order chi connectivity index (χ0) is 17.4. The first-order valence-electron chi connectivity index (χ1n) is 6.83. The van der Waals surface area contributed by atoms with E-state index in [4.69, 9.17) is 9.47 Å². The number of aldehydes is 2. The van der Waals surface area contributed by atoms with Crippen molar-refractivity contribution >= 4 is 24.5 Å². The van der Waals surface area contributed by atoms with Gasteiger partial charge < -0.3 is 9.47 Å². The Morgan fingerprint density at radius 1 is 0.625 bits per heavy atom. The molecule has 24 heavy (non-hydrogen) atoms. The van der Waals surface area contributed by atoms with E-state index in [1.165, 1.54) is 48.5 Å². The average Bonchev–Trinajstić information content (AvgIpc) is 2.61. The highest BCUT2D eigenvalue weighted by atomic mass is 16.5. The Morgan fingerprint density at radius 2 is 0.958 bits per heavy atom. The molecule has 2 aromatic carbocycles. The summed E-state index contributed by atoms with van der Waals surface area (Å²) < 4.78 is 9.91. The van der Waals surface area contributed by atoms with Gasteiger partial charge in [-0.3, -0.25) is 9.59 Å². The monoisotopic (exact) mass is 324 g/mol. The fourth-order valence-electron chi connectivity index (χ4n) is 1.67. The minimum Gasteiger partial charge on any atom is -0.423 e. The first-order chi connectivity index (χ1) is 11.6. The molecule has 0 spiro atoms. The van der Waals surface area contributed by atoms with E-state index in [0.29, 0.717) is 23.7 Å². The van der Waals surface area contributed by atoms with Crippen molar-refractivity contribution in [2.75, 3.05) is 0 Å². The summed E-state index contributed by atoms with van der Waals surface area (Å²) in [5.41, 5.74) is 0.907. The lowest BCUT2D eigenvalue weighted by Gasteiger charge is -2.02. The summed E-state index contributed by atoms with van der Waals surface area (Å²) in [4.78, 5) is 44.2. The summed E-state index contributed by atoms with van der Waals surface area (Å²) in [5, 5.41) is 0. The molecule has 0 saturated heterocycles. The largest absolute Gasteiger partial charge is 0.423 e. The van der Waals surface area contributed by atoms with Gasteiger partial charge in [0.2, 0.25) is 0 Å². The zero-order valence-corrected chi connectivity index (χ0v) is 12.4. The van der Waals surface area contributed by atoms with E-state index in [1.807, 2.05) is 0 Å². The number of ether oxygens (including phenoxy) is 2. The van der Waals surface area contributed by atoms with Gasteiger partial charge in [-0.15, -0.1) is 0 Å². The first kappa shape index (κ1) is 16.8. The van der Waals surface area contributed by atoms with Crippen LogP contribution in [-0.4, -0.2) is 24.5 Å². The molecule has 0 atom stereocenters. The summed E-state index contributed by atoms with van der Waals surface area (Å²) >= 11 is 0. The van der Waals surface area contributed by atoms with Crippen molar-refractivity contribution in [3.05, 3.63) is 71.8 Å². The summed E-state index contributed by atoms with van der Waals surface area (Å²) in [6.45, 7) is 0. The molecule has 2 aromatic rings. The van der Waals surface area contributed by atoms with E-state index in [-0.39, 0.29) is 11.5 Å². The molecule has 6 heteroatoms. The Hall–Kier alpha value is -3.54. The van der Waals surface area contributed by atoms with Crippen molar-refractivity contribution < 1.29 is 28.7 Å². The molecular weight excluding hydrogens is 312 g/mol. The van der Waals surface area contributed by atoms with Crippen molar-refractivity contribution in [3.63, 3.8) is 0 Å². The van der Waals surface area contributed by atoms with Crippen LogP contribution in [0.3, 0.4) is 0 Å². The molecule has 6 nitrogen and oxygen atoms in total. The third kappa shape index (κ3) is 5.03. The first-order valence-corrected chi connectivity index (χ1v) is 6.83. The van der Waals surface area contributed by atoms with E-state index in [0.717, 1.165) is 12.2 Å². The number of rotatable bonds is 6. The Morgan fingerprint density at radius 3 is 1.25 bits per heavy atom. The number of carbonyl (C=O) groups is 4. The molecule has 0 bridgehead atoms. The molecule has 0 amide bonds. The molecule has 0 aliphatic carbocycles. The topological polar surface area (TPSA) is 86.7 Å². The SMILES string of the molecule is O=Cc1ccc(OC(=O)/C=C/C(=O)Oc2ccc(C=O)cc2)cc1. The lowest BCUT2D eigenvalue weighted by atomic mass is 10.2. The van der Waals surface area contributed by atoms with E-state index in [2.05, 4.69) is 0 Å². The molecule has 0 saturated carbocycles. The molecule has 0 fully saturated rings. The van der Waals surface area contributed by atoms with Crippen LogP contribution in [0.15, 0.2) is 60.7 Å². The summed E-state index contributed by atoms with van der Waals surface area (Å²) in [6.07, 6.45) is 3.19. The van der Waals surface area contributed by atoms with E-state index >= 15 is 0 Å². The number of esters is 2. The van der Waals surface area contributed by atoms with Crippen LogP contribution < -0.4 is 9.47 Å². The van der Waals surface area contributed by atoms with Gasteiger partial charge in [-0.05, 0) is 48.5 Å². The van der Waals surface area contributed by atoms with Gasteiger partial charge in [0.25, 0.3) is 0 Å². The number of benzene rings is 2. The van der Waals surface area contributed by atoms with Crippen molar-refractivity contribution in [3.8, 4) is 11.5 Å². The number of hydrogen-bond donors (Lipinski definition) is 0. The maximum atomic E-state index is 11.6. The van der Waals surface area contributed by atoms with Crippen molar-refractivity contribution in [1.82, 2.24) is 0 Å². The highest BCUT2D eigenvalue weighted by molar-refractivity contribution is 5.93. The van der Waals surface area contributed by atoms with Gasteiger partial charge in [0.1, 0.15) is 24.1 Å². The lowest BCUT2D eigenvalue weighted by Crippen LogP contribution is -2.08. The third-order valence-electron chi connectivity index (χ3n) is 2.82. The highest BCUT2D eigenvalue weighted by Gasteiger charge is 2.04. The van der Waals surface area contributed by atoms with Crippen LogP contribution in [0.1, 0.15) is 20.7 Å². The van der Waals surface area contributed by atoms with Crippen LogP contribution in [0.4, 0.5) is 0 Å². The maximum Gasteiger partial charge on any atom is 0.336 e. The van der Waals surface area contributed by atoms with Crippen LogP contribution in [0.5, 0.6) is 11.5 Å². The second-order valence-electron chi connectivity index (χ2n) is 4.55. The predicted molar refractivity (Wildman–Crippen MR) is 84.1 cm³/mol. The minimum atomic E-state index is -0.762. The van der Waals surface area contributed by atoms with Crippen molar-refractivity contribution in [1.29, 1.82) is 0 Å². The van der Waals surface area contributed by atoms with Gasteiger partial charge in [0, 0.05) is 23.3 Å². The molecule has 2 rings (SSSR count). The predicted octanol–water partition coefficient (Wildman–Crippen LogP) is 2.38. The van der Waals surface area contributed by atoms with Gasteiger partial charge in [-0.1, -0.05) is 0 Å². The Labute approximate surface area is 137 Å². The van der Waals surface area contributed by atoms with Crippen molar-refractivity contribution in [2.45, 2.75) is 0 Å². The molecular formula is C18H12O6. The maximum absolute atomic E-state index is 11.6. The van der Waals surface area contributed by atoms with Crippen LogP contribution in [-0.2, 0) is 9.59 Å². The van der Waals surface area contributed by atoms with Gasteiger partial charge >= 0.3 is 11.9 Å². The zero-order valence-electron chi connectivity index (χ0n) is 12.4.